The van der Waals surface area contributed by atoms with E-state index in [2.05, 4.69) is 10.6 Å². The van der Waals surface area contributed by atoms with Crippen LogP contribution in [-0.2, 0) is 11.2 Å². The normalized spacial score (nSPS) is 11.8. The lowest BCUT2D eigenvalue weighted by atomic mass is 10.1. The minimum Gasteiger partial charge on any atom is -0.493 e. The van der Waals surface area contributed by atoms with Crippen LogP contribution in [0.5, 0.6) is 11.5 Å². The highest BCUT2D eigenvalue weighted by Gasteiger charge is 2.11. The average Bonchev–Trinajstić information content (AvgIpc) is 2.52. The van der Waals surface area contributed by atoms with Crippen LogP contribution in [0.4, 0.5) is 0 Å². The van der Waals surface area contributed by atoms with Crippen molar-refractivity contribution < 1.29 is 14.3 Å². The summed E-state index contributed by atoms with van der Waals surface area (Å²) in [4.78, 5) is 11.7. The van der Waals surface area contributed by atoms with Crippen LogP contribution in [0.2, 0.25) is 0 Å². The molecule has 1 amide bonds. The maximum absolute atomic E-state index is 11.7. The number of ether oxygens (including phenoxy) is 2. The van der Waals surface area contributed by atoms with E-state index in [0.29, 0.717) is 0 Å². The molecule has 0 aromatic heterocycles. The molecule has 0 radical (unpaired) electrons. The maximum Gasteiger partial charge on any atom is 0.236 e. The summed E-state index contributed by atoms with van der Waals surface area (Å²) in [6.45, 7) is 5.37. The van der Waals surface area contributed by atoms with Crippen molar-refractivity contribution in [2.45, 2.75) is 32.7 Å². The second-order valence-electron chi connectivity index (χ2n) is 4.91. The first-order valence-corrected chi connectivity index (χ1v) is 7.34. The summed E-state index contributed by atoms with van der Waals surface area (Å²) in [5.74, 6) is 1.49. The van der Waals surface area contributed by atoms with Gasteiger partial charge in [-0.1, -0.05) is 13.0 Å². The van der Waals surface area contributed by atoms with E-state index in [-0.39, 0.29) is 11.9 Å². The monoisotopic (exact) mass is 294 g/mol. The van der Waals surface area contributed by atoms with Gasteiger partial charge in [-0.2, -0.15) is 0 Å². The molecule has 2 N–H and O–H groups in total. The van der Waals surface area contributed by atoms with E-state index in [1.165, 1.54) is 0 Å². The zero-order valence-electron chi connectivity index (χ0n) is 13.4. The predicted molar refractivity (Wildman–Crippen MR) is 84.0 cm³/mol. The van der Waals surface area contributed by atoms with Crippen molar-refractivity contribution in [1.82, 2.24) is 10.6 Å². The van der Waals surface area contributed by atoms with Crippen LogP contribution in [0.15, 0.2) is 18.2 Å². The SMILES string of the molecule is CCCNC(=O)C(C)NCCc1ccc(OC)c(OC)c1. The zero-order chi connectivity index (χ0) is 15.7. The third-order valence-electron chi connectivity index (χ3n) is 3.25. The van der Waals surface area contributed by atoms with E-state index < -0.39 is 0 Å². The minimum atomic E-state index is -0.184. The van der Waals surface area contributed by atoms with Gasteiger partial charge in [0.15, 0.2) is 11.5 Å². The number of rotatable bonds is 9. The first-order valence-electron chi connectivity index (χ1n) is 7.34. The number of hydrogen-bond donors (Lipinski definition) is 2. The molecule has 21 heavy (non-hydrogen) atoms. The lowest BCUT2D eigenvalue weighted by Gasteiger charge is -2.14. The number of hydrogen-bond acceptors (Lipinski definition) is 4. The van der Waals surface area contributed by atoms with Crippen molar-refractivity contribution in [2.24, 2.45) is 0 Å². The highest BCUT2D eigenvalue weighted by Crippen LogP contribution is 2.27. The summed E-state index contributed by atoms with van der Waals surface area (Å²) in [6.07, 6.45) is 1.77. The van der Waals surface area contributed by atoms with E-state index >= 15 is 0 Å². The maximum atomic E-state index is 11.7. The summed E-state index contributed by atoms with van der Waals surface area (Å²) in [7, 11) is 3.25. The molecule has 0 fully saturated rings. The van der Waals surface area contributed by atoms with Crippen LogP contribution in [0.25, 0.3) is 0 Å². The quantitative estimate of drug-likeness (QED) is 0.728. The van der Waals surface area contributed by atoms with Crippen LogP contribution in [0, 0.1) is 0 Å². The molecular weight excluding hydrogens is 268 g/mol. The number of benzene rings is 1. The topological polar surface area (TPSA) is 59.6 Å². The minimum absolute atomic E-state index is 0.0455. The number of methoxy groups -OCH3 is 2. The Morgan fingerprint density at radius 2 is 1.90 bits per heavy atom. The molecule has 0 spiro atoms. The summed E-state index contributed by atoms with van der Waals surface area (Å²) in [5, 5.41) is 6.10. The average molecular weight is 294 g/mol. The lowest BCUT2D eigenvalue weighted by molar-refractivity contribution is -0.122. The number of carbonyl (C=O) groups excluding carboxylic acids is 1. The predicted octanol–water partition coefficient (Wildman–Crippen LogP) is 1.75. The summed E-state index contributed by atoms with van der Waals surface area (Å²) >= 11 is 0. The van der Waals surface area contributed by atoms with Crippen molar-refractivity contribution in [3.63, 3.8) is 0 Å². The molecule has 0 aliphatic heterocycles. The number of nitrogens with one attached hydrogen (secondary N) is 2. The van der Waals surface area contributed by atoms with Crippen LogP contribution in [-0.4, -0.2) is 39.3 Å². The molecule has 1 rings (SSSR count). The van der Waals surface area contributed by atoms with Crippen LogP contribution >= 0.6 is 0 Å². The van der Waals surface area contributed by atoms with Gasteiger partial charge in [0, 0.05) is 6.54 Å². The Kier molecular flexibility index (Phi) is 7.61. The highest BCUT2D eigenvalue weighted by atomic mass is 16.5. The zero-order valence-corrected chi connectivity index (χ0v) is 13.4. The molecule has 0 heterocycles. The molecule has 118 valence electrons. The van der Waals surface area contributed by atoms with Gasteiger partial charge in [-0.15, -0.1) is 0 Å². The van der Waals surface area contributed by atoms with Crippen LogP contribution in [0.1, 0.15) is 25.8 Å². The number of amides is 1. The molecular formula is C16H26N2O3. The van der Waals surface area contributed by atoms with Gasteiger partial charge in [0.1, 0.15) is 0 Å². The van der Waals surface area contributed by atoms with E-state index in [4.69, 9.17) is 9.47 Å². The third-order valence-corrected chi connectivity index (χ3v) is 3.25. The first kappa shape index (κ1) is 17.3. The molecule has 5 heteroatoms. The fourth-order valence-electron chi connectivity index (χ4n) is 1.96. The smallest absolute Gasteiger partial charge is 0.236 e. The van der Waals surface area contributed by atoms with Gasteiger partial charge in [-0.3, -0.25) is 4.79 Å². The molecule has 0 aliphatic rings. The van der Waals surface area contributed by atoms with E-state index in [0.717, 1.165) is 43.0 Å². The van der Waals surface area contributed by atoms with Crippen molar-refractivity contribution in [3.05, 3.63) is 23.8 Å². The van der Waals surface area contributed by atoms with E-state index in [1.807, 2.05) is 32.0 Å². The molecule has 5 nitrogen and oxygen atoms in total. The van der Waals surface area contributed by atoms with Crippen LogP contribution < -0.4 is 20.1 Å². The van der Waals surface area contributed by atoms with Crippen molar-refractivity contribution in [3.8, 4) is 11.5 Å². The van der Waals surface area contributed by atoms with E-state index in [1.54, 1.807) is 14.2 Å². The van der Waals surface area contributed by atoms with Crippen molar-refractivity contribution in [1.29, 1.82) is 0 Å². The molecule has 1 atom stereocenters. The van der Waals surface area contributed by atoms with Gasteiger partial charge in [0.2, 0.25) is 5.91 Å². The Morgan fingerprint density at radius 3 is 2.52 bits per heavy atom. The summed E-state index contributed by atoms with van der Waals surface area (Å²) in [5.41, 5.74) is 1.14. The largest absolute Gasteiger partial charge is 0.493 e. The Labute approximate surface area is 127 Å². The Bertz CT molecular complexity index is 449. The van der Waals surface area contributed by atoms with Gasteiger partial charge in [-0.05, 0) is 44.0 Å². The van der Waals surface area contributed by atoms with Gasteiger partial charge in [-0.25, -0.2) is 0 Å². The van der Waals surface area contributed by atoms with Gasteiger partial charge >= 0.3 is 0 Å². The standard InChI is InChI=1S/C16H26N2O3/c1-5-9-18-16(19)12(2)17-10-8-13-6-7-14(20-3)15(11-13)21-4/h6-7,11-12,17H,5,8-10H2,1-4H3,(H,18,19). The van der Waals surface area contributed by atoms with E-state index in [9.17, 15) is 4.79 Å². The summed E-state index contributed by atoms with van der Waals surface area (Å²) in [6, 6.07) is 5.68. The Hall–Kier alpha value is -1.75. The fraction of sp³-hybridized carbons (Fsp3) is 0.562. The molecule has 1 unspecified atom stereocenters. The number of carbonyl (C=O) groups is 1. The molecule has 0 saturated carbocycles. The molecule has 0 bridgehead atoms. The molecule has 0 saturated heterocycles. The van der Waals surface area contributed by atoms with Gasteiger partial charge in [0.05, 0.1) is 20.3 Å². The Morgan fingerprint density at radius 1 is 1.19 bits per heavy atom. The van der Waals surface area contributed by atoms with Crippen molar-refractivity contribution >= 4 is 5.91 Å². The Balaban J connectivity index is 2.43. The fourth-order valence-corrected chi connectivity index (χ4v) is 1.96. The van der Waals surface area contributed by atoms with Gasteiger partial charge < -0.3 is 20.1 Å². The molecule has 1 aromatic carbocycles. The third kappa shape index (κ3) is 5.63. The van der Waals surface area contributed by atoms with Crippen LogP contribution in [0.3, 0.4) is 0 Å². The molecule has 0 aliphatic carbocycles. The van der Waals surface area contributed by atoms with Gasteiger partial charge in [0.25, 0.3) is 0 Å². The second kappa shape index (κ2) is 9.23. The highest BCUT2D eigenvalue weighted by molar-refractivity contribution is 5.81. The lowest BCUT2D eigenvalue weighted by Crippen LogP contribution is -2.43. The van der Waals surface area contributed by atoms with Crippen molar-refractivity contribution in [2.75, 3.05) is 27.3 Å². The summed E-state index contributed by atoms with van der Waals surface area (Å²) < 4.78 is 10.5. The first-order chi connectivity index (χ1) is 10.1. The molecule has 1 aromatic rings. The second-order valence-corrected chi connectivity index (χ2v) is 4.91.